The molecule has 0 aromatic carbocycles. The van der Waals surface area contributed by atoms with Crippen LogP contribution in [0.2, 0.25) is 0 Å². The summed E-state index contributed by atoms with van der Waals surface area (Å²) in [6.07, 6.45) is -1.53. The number of hydrogen-bond acceptors (Lipinski definition) is 6. The summed E-state index contributed by atoms with van der Waals surface area (Å²) in [6, 6.07) is 1.47. The fraction of sp³-hybridized carbons (Fsp3) is 0.438. The van der Waals surface area contributed by atoms with Gasteiger partial charge in [0.1, 0.15) is 18.6 Å². The molecule has 4 heterocycles. The van der Waals surface area contributed by atoms with Crippen molar-refractivity contribution in [3.05, 3.63) is 18.6 Å². The highest BCUT2D eigenvalue weighted by atomic mass is 19.4. The summed E-state index contributed by atoms with van der Waals surface area (Å²) in [4.78, 5) is 25.1. The number of anilines is 1. The molecule has 3 aromatic heterocycles. The number of nitrogens with one attached hydrogen (secondary N) is 2. The number of aromatic amines is 1. The van der Waals surface area contributed by atoms with Gasteiger partial charge in [-0.1, -0.05) is 0 Å². The quantitative estimate of drug-likeness (QED) is 0.722. The molecule has 8 nitrogen and oxygen atoms in total. The molecule has 0 spiro atoms. The molecular formula is C16H16F3N7O. The van der Waals surface area contributed by atoms with Gasteiger partial charge in [-0.3, -0.25) is 4.79 Å². The summed E-state index contributed by atoms with van der Waals surface area (Å²) in [5, 5.41) is 12.2. The number of halogens is 3. The van der Waals surface area contributed by atoms with Crippen molar-refractivity contribution in [1.82, 2.24) is 30.5 Å². The molecule has 3 aromatic rings. The average Bonchev–Trinajstić information content (AvgIpc) is 3.08. The zero-order valence-electron chi connectivity index (χ0n) is 14.1. The Morgan fingerprint density at radius 3 is 3.00 bits per heavy atom. The predicted molar refractivity (Wildman–Crippen MR) is 91.0 cm³/mol. The Hall–Kier alpha value is -2.98. The minimum atomic E-state index is -4.51. The number of carbonyl (C=O) groups is 1. The Labute approximate surface area is 151 Å². The van der Waals surface area contributed by atoms with Crippen LogP contribution in [0.4, 0.5) is 19.0 Å². The van der Waals surface area contributed by atoms with E-state index in [-0.39, 0.29) is 6.04 Å². The van der Waals surface area contributed by atoms with Gasteiger partial charge in [-0.15, -0.1) is 10.2 Å². The molecule has 0 aliphatic carbocycles. The topological polar surface area (TPSA) is 99.7 Å². The van der Waals surface area contributed by atoms with E-state index in [0.29, 0.717) is 36.6 Å². The van der Waals surface area contributed by atoms with Crippen molar-refractivity contribution in [3.8, 4) is 0 Å². The highest BCUT2D eigenvalue weighted by Gasteiger charge is 2.33. The van der Waals surface area contributed by atoms with Crippen molar-refractivity contribution in [3.63, 3.8) is 0 Å². The number of amides is 1. The van der Waals surface area contributed by atoms with E-state index in [1.807, 2.05) is 11.0 Å². The van der Waals surface area contributed by atoms with Gasteiger partial charge in [0, 0.05) is 30.7 Å². The SMILES string of the molecule is O=C(CC(F)(F)F)NC1CCCN(c2ncnc3nnc4[nH]ccc4c23)C1. The van der Waals surface area contributed by atoms with E-state index in [4.69, 9.17) is 0 Å². The lowest BCUT2D eigenvalue weighted by Gasteiger charge is -2.34. The summed E-state index contributed by atoms with van der Waals surface area (Å²) in [7, 11) is 0. The number of alkyl halides is 3. The third-order valence-corrected chi connectivity index (χ3v) is 4.49. The highest BCUT2D eigenvalue weighted by molar-refractivity contribution is 6.07. The van der Waals surface area contributed by atoms with Gasteiger partial charge in [0.2, 0.25) is 5.91 Å². The van der Waals surface area contributed by atoms with Gasteiger partial charge in [0.05, 0.1) is 5.39 Å². The number of rotatable bonds is 3. The molecular weight excluding hydrogens is 363 g/mol. The zero-order chi connectivity index (χ0) is 19.0. The first-order chi connectivity index (χ1) is 12.9. The largest absolute Gasteiger partial charge is 0.397 e. The molecule has 1 unspecified atom stereocenters. The second-order valence-electron chi connectivity index (χ2n) is 6.48. The van der Waals surface area contributed by atoms with Crippen LogP contribution in [0.5, 0.6) is 0 Å². The Kier molecular flexibility index (Phi) is 4.28. The lowest BCUT2D eigenvalue weighted by Crippen LogP contribution is -2.48. The van der Waals surface area contributed by atoms with Crippen molar-refractivity contribution in [2.24, 2.45) is 0 Å². The smallest absolute Gasteiger partial charge is 0.354 e. The molecule has 142 valence electrons. The molecule has 11 heteroatoms. The normalized spacial score (nSPS) is 18.2. The van der Waals surface area contributed by atoms with Crippen molar-refractivity contribution < 1.29 is 18.0 Å². The van der Waals surface area contributed by atoms with Crippen molar-refractivity contribution in [2.75, 3.05) is 18.0 Å². The molecule has 1 aliphatic heterocycles. The highest BCUT2D eigenvalue weighted by Crippen LogP contribution is 2.30. The maximum atomic E-state index is 12.4. The van der Waals surface area contributed by atoms with E-state index in [1.54, 1.807) is 6.20 Å². The second-order valence-corrected chi connectivity index (χ2v) is 6.48. The predicted octanol–water partition coefficient (Wildman–Crippen LogP) is 1.94. The monoisotopic (exact) mass is 379 g/mol. The molecule has 2 N–H and O–H groups in total. The van der Waals surface area contributed by atoms with Crippen LogP contribution in [-0.2, 0) is 4.79 Å². The number of piperidine rings is 1. The van der Waals surface area contributed by atoms with Crippen molar-refractivity contribution in [2.45, 2.75) is 31.5 Å². The Morgan fingerprint density at radius 1 is 1.33 bits per heavy atom. The molecule has 1 saturated heterocycles. The minimum absolute atomic E-state index is 0.365. The van der Waals surface area contributed by atoms with Crippen molar-refractivity contribution in [1.29, 1.82) is 0 Å². The molecule has 1 atom stereocenters. The van der Waals surface area contributed by atoms with Crippen LogP contribution in [0.3, 0.4) is 0 Å². The van der Waals surface area contributed by atoms with Gasteiger partial charge in [-0.25, -0.2) is 9.97 Å². The molecule has 4 rings (SSSR count). The number of nitrogens with zero attached hydrogens (tertiary/aromatic N) is 5. The standard InChI is InChI=1S/C16H16F3N7O/c17-16(18,19)6-11(27)23-9-2-1-5-26(7-9)15-12-10-3-4-20-13(10)24-25-14(12)21-8-22-15/h3-4,8-9H,1-2,5-7H2,(H,20,24)(H,23,27). The van der Waals surface area contributed by atoms with E-state index in [0.717, 1.165) is 17.2 Å². The molecule has 0 bridgehead atoms. The first kappa shape index (κ1) is 17.4. The van der Waals surface area contributed by atoms with Gasteiger partial charge in [0.15, 0.2) is 11.3 Å². The number of aromatic nitrogens is 5. The van der Waals surface area contributed by atoms with Crippen molar-refractivity contribution >= 4 is 33.8 Å². The lowest BCUT2D eigenvalue weighted by atomic mass is 10.0. The zero-order valence-corrected chi connectivity index (χ0v) is 14.1. The van der Waals surface area contributed by atoms with Crippen LogP contribution >= 0.6 is 0 Å². The molecule has 1 amide bonds. The summed E-state index contributed by atoms with van der Waals surface area (Å²) >= 11 is 0. The summed E-state index contributed by atoms with van der Waals surface area (Å²) in [5.41, 5.74) is 1.04. The molecule has 0 radical (unpaired) electrons. The van der Waals surface area contributed by atoms with Gasteiger partial charge in [-0.05, 0) is 18.9 Å². The van der Waals surface area contributed by atoms with Gasteiger partial charge >= 0.3 is 6.18 Å². The van der Waals surface area contributed by atoms with Crippen LogP contribution in [0.15, 0.2) is 18.6 Å². The van der Waals surface area contributed by atoms with E-state index < -0.39 is 18.5 Å². The first-order valence-corrected chi connectivity index (χ1v) is 8.46. The average molecular weight is 379 g/mol. The molecule has 1 fully saturated rings. The molecule has 27 heavy (non-hydrogen) atoms. The van der Waals surface area contributed by atoms with E-state index in [9.17, 15) is 18.0 Å². The third-order valence-electron chi connectivity index (χ3n) is 4.49. The maximum absolute atomic E-state index is 12.4. The molecule has 0 saturated carbocycles. The number of H-pyrrole nitrogens is 1. The van der Waals surface area contributed by atoms with Crippen LogP contribution < -0.4 is 10.2 Å². The first-order valence-electron chi connectivity index (χ1n) is 8.46. The van der Waals surface area contributed by atoms with Crippen LogP contribution in [0.25, 0.3) is 22.1 Å². The minimum Gasteiger partial charge on any atom is -0.354 e. The van der Waals surface area contributed by atoms with E-state index in [1.165, 1.54) is 6.33 Å². The maximum Gasteiger partial charge on any atom is 0.397 e. The van der Waals surface area contributed by atoms with Crippen LogP contribution in [0.1, 0.15) is 19.3 Å². The molecule has 1 aliphatic rings. The number of hydrogen-bond donors (Lipinski definition) is 2. The number of fused-ring (bicyclic) bond motifs is 3. The fourth-order valence-corrected chi connectivity index (χ4v) is 3.41. The van der Waals surface area contributed by atoms with Gasteiger partial charge in [0.25, 0.3) is 0 Å². The van der Waals surface area contributed by atoms with E-state index in [2.05, 4.69) is 30.5 Å². The van der Waals surface area contributed by atoms with Gasteiger partial charge in [-0.2, -0.15) is 13.2 Å². The third kappa shape index (κ3) is 3.62. The van der Waals surface area contributed by atoms with Gasteiger partial charge < -0.3 is 15.2 Å². The summed E-state index contributed by atoms with van der Waals surface area (Å²) < 4.78 is 37.2. The Morgan fingerprint density at radius 2 is 2.19 bits per heavy atom. The fourth-order valence-electron chi connectivity index (χ4n) is 3.41. The van der Waals surface area contributed by atoms with Crippen LogP contribution in [-0.4, -0.2) is 56.4 Å². The Bertz CT molecular complexity index is 987. The van der Waals surface area contributed by atoms with E-state index >= 15 is 0 Å². The van der Waals surface area contributed by atoms with Crippen LogP contribution in [0, 0.1) is 0 Å². The summed E-state index contributed by atoms with van der Waals surface area (Å²) in [5.74, 6) is -0.380. The summed E-state index contributed by atoms with van der Waals surface area (Å²) in [6.45, 7) is 1.04. The number of carbonyl (C=O) groups excluding carboxylic acids is 1. The second kappa shape index (κ2) is 6.63. The lowest BCUT2D eigenvalue weighted by molar-refractivity contribution is -0.154. The Balaban J connectivity index is 1.60.